The van der Waals surface area contributed by atoms with Crippen LogP contribution in [0.25, 0.3) is 0 Å². The van der Waals surface area contributed by atoms with Crippen LogP contribution in [0.4, 0.5) is 17.1 Å². The van der Waals surface area contributed by atoms with E-state index in [-0.39, 0.29) is 5.91 Å². The van der Waals surface area contributed by atoms with Crippen molar-refractivity contribution in [2.24, 2.45) is 0 Å². The largest absolute Gasteiger partial charge is 0.495 e. The van der Waals surface area contributed by atoms with Crippen LogP contribution in [-0.4, -0.2) is 51.1 Å². The van der Waals surface area contributed by atoms with Gasteiger partial charge in [-0.15, -0.1) is 0 Å². The number of anilines is 3. The summed E-state index contributed by atoms with van der Waals surface area (Å²) in [6.07, 6.45) is 5.14. The molecule has 1 aromatic rings. The topological polar surface area (TPSA) is 70.8 Å². The van der Waals surface area contributed by atoms with Gasteiger partial charge in [-0.1, -0.05) is 13.0 Å². The number of ether oxygens (including phenoxy) is 1. The zero-order valence-corrected chi connectivity index (χ0v) is 14.7. The van der Waals surface area contributed by atoms with Crippen LogP contribution in [0.3, 0.4) is 0 Å². The Kier molecular flexibility index (Phi) is 6.49. The molecule has 0 aromatic heterocycles. The van der Waals surface area contributed by atoms with Gasteiger partial charge in [-0.25, -0.2) is 0 Å². The standard InChI is InChI=1S/C18H28N4O2/c1-4-18(23)20-15-12-14(19)17(24-3)13-16(15)21(2)10-11-22-8-6-5-7-9-22/h4,12-13H,1,5-11,19H2,2-3H3,(H,20,23). The van der Waals surface area contributed by atoms with Gasteiger partial charge in [0.2, 0.25) is 5.91 Å². The third-order valence-electron chi connectivity index (χ3n) is 4.40. The highest BCUT2D eigenvalue weighted by Gasteiger charge is 2.16. The molecule has 0 bridgehead atoms. The molecule has 6 heteroatoms. The second kappa shape index (κ2) is 8.59. The molecule has 24 heavy (non-hydrogen) atoms. The zero-order chi connectivity index (χ0) is 17.5. The van der Waals surface area contributed by atoms with Gasteiger partial charge in [0.05, 0.1) is 24.2 Å². The van der Waals surface area contributed by atoms with Gasteiger partial charge in [0, 0.05) is 26.2 Å². The molecule has 1 fully saturated rings. The van der Waals surface area contributed by atoms with Crippen molar-refractivity contribution in [1.29, 1.82) is 0 Å². The van der Waals surface area contributed by atoms with E-state index in [1.165, 1.54) is 38.4 Å². The second-order valence-corrected chi connectivity index (χ2v) is 6.13. The lowest BCUT2D eigenvalue weighted by Gasteiger charge is -2.30. The van der Waals surface area contributed by atoms with Crippen LogP contribution in [0.15, 0.2) is 24.8 Å². The first-order valence-electron chi connectivity index (χ1n) is 8.39. The minimum atomic E-state index is -0.259. The van der Waals surface area contributed by atoms with Crippen LogP contribution in [0, 0.1) is 0 Å². The molecule has 0 radical (unpaired) electrons. The van der Waals surface area contributed by atoms with Gasteiger partial charge in [0.15, 0.2) is 0 Å². The van der Waals surface area contributed by atoms with Gasteiger partial charge < -0.3 is 25.6 Å². The maximum atomic E-state index is 11.7. The lowest BCUT2D eigenvalue weighted by molar-refractivity contribution is -0.111. The Morgan fingerprint density at radius 3 is 2.75 bits per heavy atom. The number of piperidine rings is 1. The molecule has 0 saturated carbocycles. The molecule has 1 aromatic carbocycles. The van der Waals surface area contributed by atoms with E-state index in [0.717, 1.165) is 18.8 Å². The van der Waals surface area contributed by atoms with Crippen LogP contribution in [-0.2, 0) is 4.79 Å². The number of methoxy groups -OCH3 is 1. The number of likely N-dealkylation sites (N-methyl/N-ethyl adjacent to an activating group) is 1. The molecule has 1 heterocycles. The van der Waals surface area contributed by atoms with Crippen molar-refractivity contribution in [1.82, 2.24) is 4.90 Å². The third kappa shape index (κ3) is 4.64. The number of benzene rings is 1. The van der Waals surface area contributed by atoms with Crippen LogP contribution in [0.1, 0.15) is 19.3 Å². The second-order valence-electron chi connectivity index (χ2n) is 6.13. The minimum Gasteiger partial charge on any atom is -0.495 e. The van der Waals surface area contributed by atoms with E-state index in [1.807, 2.05) is 13.1 Å². The fourth-order valence-corrected chi connectivity index (χ4v) is 2.96. The number of rotatable bonds is 7. The first-order chi connectivity index (χ1) is 11.5. The van der Waals surface area contributed by atoms with Gasteiger partial charge in [-0.3, -0.25) is 4.79 Å². The summed E-state index contributed by atoms with van der Waals surface area (Å²) in [4.78, 5) is 16.3. The maximum Gasteiger partial charge on any atom is 0.247 e. The van der Waals surface area contributed by atoms with Crippen LogP contribution >= 0.6 is 0 Å². The summed E-state index contributed by atoms with van der Waals surface area (Å²) < 4.78 is 5.32. The fraction of sp³-hybridized carbons (Fsp3) is 0.500. The lowest BCUT2D eigenvalue weighted by atomic mass is 10.1. The van der Waals surface area contributed by atoms with E-state index >= 15 is 0 Å². The summed E-state index contributed by atoms with van der Waals surface area (Å²) in [6.45, 7) is 7.69. The quantitative estimate of drug-likeness (QED) is 0.592. The van der Waals surface area contributed by atoms with Gasteiger partial charge in [0.1, 0.15) is 5.75 Å². The van der Waals surface area contributed by atoms with Crippen LogP contribution in [0.5, 0.6) is 5.75 Å². The number of nitrogens with one attached hydrogen (secondary N) is 1. The van der Waals surface area contributed by atoms with Crippen molar-refractivity contribution in [3.63, 3.8) is 0 Å². The number of amides is 1. The molecular formula is C18H28N4O2. The van der Waals surface area contributed by atoms with Crippen LogP contribution < -0.4 is 20.7 Å². The summed E-state index contributed by atoms with van der Waals surface area (Å²) >= 11 is 0. The lowest BCUT2D eigenvalue weighted by Crippen LogP contribution is -2.36. The number of hydrogen-bond donors (Lipinski definition) is 2. The zero-order valence-electron chi connectivity index (χ0n) is 14.7. The smallest absolute Gasteiger partial charge is 0.247 e. The molecule has 0 aliphatic carbocycles. The SMILES string of the molecule is C=CC(=O)Nc1cc(N)c(OC)cc1N(C)CCN1CCCCC1. The van der Waals surface area contributed by atoms with Crippen molar-refractivity contribution in [2.75, 3.05) is 56.3 Å². The van der Waals surface area contributed by atoms with E-state index in [9.17, 15) is 4.79 Å². The van der Waals surface area contributed by atoms with Gasteiger partial charge in [0.25, 0.3) is 0 Å². The molecule has 1 aliphatic heterocycles. The average molecular weight is 332 g/mol. The van der Waals surface area contributed by atoms with Gasteiger partial charge in [-0.2, -0.15) is 0 Å². The molecule has 0 unspecified atom stereocenters. The van der Waals surface area contributed by atoms with Crippen LogP contribution in [0.2, 0.25) is 0 Å². The number of hydrogen-bond acceptors (Lipinski definition) is 5. The molecule has 132 valence electrons. The molecule has 3 N–H and O–H groups in total. The Balaban J connectivity index is 2.14. The molecule has 2 rings (SSSR count). The normalized spacial score (nSPS) is 14.9. The summed E-state index contributed by atoms with van der Waals surface area (Å²) in [5.74, 6) is 0.344. The predicted molar refractivity (Wildman–Crippen MR) is 99.8 cm³/mol. The van der Waals surface area contributed by atoms with E-state index in [0.29, 0.717) is 17.1 Å². The number of likely N-dealkylation sites (tertiary alicyclic amines) is 1. The van der Waals surface area contributed by atoms with Crippen molar-refractivity contribution in [3.05, 3.63) is 24.8 Å². The van der Waals surface area contributed by atoms with E-state index in [2.05, 4.69) is 21.7 Å². The maximum absolute atomic E-state index is 11.7. The number of nitrogens with zero attached hydrogens (tertiary/aromatic N) is 2. The summed E-state index contributed by atoms with van der Waals surface area (Å²) in [7, 11) is 3.60. The van der Waals surface area contributed by atoms with E-state index < -0.39 is 0 Å². The molecule has 1 amide bonds. The minimum absolute atomic E-state index is 0.259. The molecule has 0 atom stereocenters. The number of nitrogen functional groups attached to an aromatic ring is 1. The van der Waals surface area contributed by atoms with Crippen molar-refractivity contribution >= 4 is 23.0 Å². The average Bonchev–Trinajstić information content (AvgIpc) is 2.60. The highest BCUT2D eigenvalue weighted by molar-refractivity contribution is 6.02. The summed E-state index contributed by atoms with van der Waals surface area (Å²) in [6, 6.07) is 3.59. The predicted octanol–water partition coefficient (Wildman–Crippen LogP) is 2.32. The summed E-state index contributed by atoms with van der Waals surface area (Å²) in [5, 5.41) is 2.82. The summed E-state index contributed by atoms with van der Waals surface area (Å²) in [5.41, 5.74) is 8.02. The molecule has 0 spiro atoms. The van der Waals surface area contributed by atoms with Gasteiger partial charge >= 0.3 is 0 Å². The van der Waals surface area contributed by atoms with E-state index in [4.69, 9.17) is 10.5 Å². The van der Waals surface area contributed by atoms with Gasteiger partial charge in [-0.05, 0) is 38.1 Å². The highest BCUT2D eigenvalue weighted by Crippen LogP contribution is 2.35. The van der Waals surface area contributed by atoms with E-state index in [1.54, 1.807) is 13.2 Å². The Morgan fingerprint density at radius 1 is 1.42 bits per heavy atom. The van der Waals surface area contributed by atoms with Crippen molar-refractivity contribution in [2.45, 2.75) is 19.3 Å². The Morgan fingerprint density at radius 2 is 2.12 bits per heavy atom. The number of nitrogens with two attached hydrogens (primary N) is 1. The first-order valence-corrected chi connectivity index (χ1v) is 8.39. The highest BCUT2D eigenvalue weighted by atomic mass is 16.5. The molecule has 1 saturated heterocycles. The number of carbonyl (C=O) groups excluding carboxylic acids is 1. The molecule has 1 aliphatic rings. The fourth-order valence-electron chi connectivity index (χ4n) is 2.96. The first kappa shape index (κ1) is 18.1. The molecular weight excluding hydrogens is 304 g/mol. The van der Waals surface area contributed by atoms with Crippen molar-refractivity contribution in [3.8, 4) is 5.75 Å². The third-order valence-corrected chi connectivity index (χ3v) is 4.40. The monoisotopic (exact) mass is 332 g/mol. The Hall–Kier alpha value is -2.21. The Bertz CT molecular complexity index is 583. The van der Waals surface area contributed by atoms with Crippen molar-refractivity contribution < 1.29 is 9.53 Å². The number of carbonyl (C=O) groups is 1. The Labute approximate surface area is 144 Å². The molecule has 6 nitrogen and oxygen atoms in total.